The molecule has 82 valence electrons. The van der Waals surface area contributed by atoms with E-state index in [0.717, 1.165) is 17.3 Å². The zero-order valence-corrected chi connectivity index (χ0v) is 9.51. The lowest BCUT2D eigenvalue weighted by Gasteiger charge is -2.10. The van der Waals surface area contributed by atoms with Crippen LogP contribution in [0.15, 0.2) is 11.4 Å². The summed E-state index contributed by atoms with van der Waals surface area (Å²) in [5, 5.41) is 13.9. The minimum Gasteiger partial charge on any atom is -0.478 e. The van der Waals surface area contributed by atoms with Crippen LogP contribution >= 0.6 is 11.3 Å². The monoisotopic (exact) mass is 225 g/mol. The lowest BCUT2D eigenvalue weighted by atomic mass is 10.2. The molecule has 2 rings (SSSR count). The normalized spacial score (nSPS) is 17.7. The number of carboxylic acids is 1. The molecule has 1 aromatic heterocycles. The molecule has 1 unspecified atom stereocenters. The highest BCUT2D eigenvalue weighted by Gasteiger charge is 2.27. The predicted octanol–water partition coefficient (Wildman–Crippen LogP) is 2.33. The average Bonchev–Trinajstić information content (AvgIpc) is 2.93. The summed E-state index contributed by atoms with van der Waals surface area (Å²) in [4.78, 5) is 11.8. The molecule has 1 aromatic rings. The van der Waals surface area contributed by atoms with Gasteiger partial charge in [0.15, 0.2) is 0 Å². The van der Waals surface area contributed by atoms with E-state index in [1.807, 2.05) is 0 Å². The summed E-state index contributed by atoms with van der Waals surface area (Å²) in [5.74, 6) is -0.00310. The van der Waals surface area contributed by atoms with Gasteiger partial charge in [-0.1, -0.05) is 0 Å². The van der Waals surface area contributed by atoms with Crippen molar-refractivity contribution >= 4 is 17.3 Å². The van der Waals surface area contributed by atoms with Crippen LogP contribution in [0.25, 0.3) is 0 Å². The Bertz CT molecular complexity index is 357. The van der Waals surface area contributed by atoms with Crippen molar-refractivity contribution < 1.29 is 9.90 Å². The summed E-state index contributed by atoms with van der Waals surface area (Å²) in [6.07, 6.45) is 2.66. The molecule has 0 aromatic carbocycles. The molecule has 2 N–H and O–H groups in total. The van der Waals surface area contributed by atoms with Gasteiger partial charge in [0.2, 0.25) is 0 Å². The van der Waals surface area contributed by atoms with E-state index in [1.54, 1.807) is 11.4 Å². The number of carbonyl (C=O) groups is 1. The molecule has 1 fully saturated rings. The van der Waals surface area contributed by atoms with Crippen LogP contribution in [0.2, 0.25) is 0 Å². The number of thiophene rings is 1. The van der Waals surface area contributed by atoms with Gasteiger partial charge in [-0.3, -0.25) is 0 Å². The molecule has 1 atom stereocenters. The van der Waals surface area contributed by atoms with Crippen molar-refractivity contribution in [1.29, 1.82) is 0 Å². The molecule has 1 heterocycles. The Labute approximate surface area is 93.1 Å². The zero-order valence-electron chi connectivity index (χ0n) is 8.69. The van der Waals surface area contributed by atoms with Gasteiger partial charge in [-0.2, -0.15) is 0 Å². The molecule has 0 bridgehead atoms. The van der Waals surface area contributed by atoms with Gasteiger partial charge < -0.3 is 10.4 Å². The number of hydrogen-bond donors (Lipinski definition) is 2. The van der Waals surface area contributed by atoms with Crippen LogP contribution in [0.3, 0.4) is 0 Å². The van der Waals surface area contributed by atoms with Crippen molar-refractivity contribution in [2.24, 2.45) is 5.92 Å². The van der Waals surface area contributed by atoms with Crippen molar-refractivity contribution in [2.45, 2.75) is 32.4 Å². The lowest BCUT2D eigenvalue weighted by Crippen LogP contribution is -2.26. The van der Waals surface area contributed by atoms with E-state index in [0.29, 0.717) is 11.6 Å². The third-order valence-corrected chi connectivity index (χ3v) is 3.76. The van der Waals surface area contributed by atoms with Crippen molar-refractivity contribution in [3.63, 3.8) is 0 Å². The van der Waals surface area contributed by atoms with Gasteiger partial charge in [-0.15, -0.1) is 11.3 Å². The second-order valence-electron chi connectivity index (χ2n) is 4.11. The van der Waals surface area contributed by atoms with Gasteiger partial charge in [-0.05, 0) is 31.7 Å². The van der Waals surface area contributed by atoms with Gasteiger partial charge in [0.1, 0.15) is 0 Å². The first-order valence-electron chi connectivity index (χ1n) is 5.21. The highest BCUT2D eigenvalue weighted by atomic mass is 32.1. The lowest BCUT2D eigenvalue weighted by molar-refractivity contribution is 0.0697. The summed E-state index contributed by atoms with van der Waals surface area (Å²) < 4.78 is 0. The summed E-state index contributed by atoms with van der Waals surface area (Å²) in [7, 11) is 0. The first-order chi connectivity index (χ1) is 7.16. The second-order valence-corrected chi connectivity index (χ2v) is 5.11. The van der Waals surface area contributed by atoms with Crippen LogP contribution in [0.5, 0.6) is 0 Å². The van der Waals surface area contributed by atoms with E-state index < -0.39 is 5.97 Å². The largest absolute Gasteiger partial charge is 0.478 e. The Morgan fingerprint density at radius 3 is 3.00 bits per heavy atom. The molecule has 0 radical (unpaired) electrons. The quantitative estimate of drug-likeness (QED) is 0.808. The summed E-state index contributed by atoms with van der Waals surface area (Å²) in [6.45, 7) is 2.99. The van der Waals surface area contributed by atoms with Crippen LogP contribution in [-0.2, 0) is 6.54 Å². The highest BCUT2D eigenvalue weighted by molar-refractivity contribution is 7.10. The van der Waals surface area contributed by atoms with Gasteiger partial charge in [0, 0.05) is 22.8 Å². The zero-order chi connectivity index (χ0) is 10.8. The first-order valence-corrected chi connectivity index (χ1v) is 6.09. The molecule has 1 aliphatic carbocycles. The number of rotatable bonds is 5. The van der Waals surface area contributed by atoms with E-state index in [2.05, 4.69) is 12.2 Å². The predicted molar refractivity (Wildman–Crippen MR) is 60.3 cm³/mol. The van der Waals surface area contributed by atoms with Gasteiger partial charge in [0.25, 0.3) is 0 Å². The van der Waals surface area contributed by atoms with E-state index in [-0.39, 0.29) is 0 Å². The van der Waals surface area contributed by atoms with E-state index in [4.69, 9.17) is 5.11 Å². The van der Waals surface area contributed by atoms with Crippen molar-refractivity contribution in [1.82, 2.24) is 5.32 Å². The van der Waals surface area contributed by atoms with Crippen LogP contribution in [0.1, 0.15) is 35.0 Å². The second kappa shape index (κ2) is 4.33. The fourth-order valence-corrected chi connectivity index (χ4v) is 2.42. The Morgan fingerprint density at radius 2 is 2.47 bits per heavy atom. The number of aromatic carboxylic acids is 1. The van der Waals surface area contributed by atoms with Gasteiger partial charge in [0.05, 0.1) is 5.56 Å². The smallest absolute Gasteiger partial charge is 0.336 e. The highest BCUT2D eigenvalue weighted by Crippen LogP contribution is 2.32. The molecule has 4 heteroatoms. The molecule has 1 saturated carbocycles. The van der Waals surface area contributed by atoms with Gasteiger partial charge in [-0.25, -0.2) is 4.79 Å². The molecule has 0 saturated heterocycles. The van der Waals surface area contributed by atoms with Crippen LogP contribution in [0, 0.1) is 5.92 Å². The minimum absolute atomic E-state index is 0.399. The van der Waals surface area contributed by atoms with Crippen LogP contribution < -0.4 is 5.32 Å². The average molecular weight is 225 g/mol. The molecular weight excluding hydrogens is 210 g/mol. The maximum atomic E-state index is 10.7. The number of nitrogens with one attached hydrogen (secondary N) is 1. The third-order valence-electron chi connectivity index (χ3n) is 2.83. The van der Waals surface area contributed by atoms with E-state index in [9.17, 15) is 4.79 Å². The Hall–Kier alpha value is -0.870. The van der Waals surface area contributed by atoms with Crippen LogP contribution in [-0.4, -0.2) is 17.1 Å². The van der Waals surface area contributed by atoms with Crippen molar-refractivity contribution in [3.05, 3.63) is 21.9 Å². The van der Waals surface area contributed by atoms with Crippen molar-refractivity contribution in [2.75, 3.05) is 0 Å². The van der Waals surface area contributed by atoms with Gasteiger partial charge >= 0.3 is 5.97 Å². The Kier molecular flexibility index (Phi) is 3.07. The molecular formula is C11H15NO2S. The first kappa shape index (κ1) is 10.6. The maximum absolute atomic E-state index is 10.7. The molecule has 15 heavy (non-hydrogen) atoms. The molecule has 3 nitrogen and oxygen atoms in total. The standard InChI is InChI=1S/C11H15NO2S/c1-7(8-2-3-8)12-5-10-4-9(6-15-10)11(13)14/h4,6-8,12H,2-3,5H2,1H3,(H,13,14). The Balaban J connectivity index is 1.84. The minimum atomic E-state index is -0.840. The molecule has 0 spiro atoms. The van der Waals surface area contributed by atoms with E-state index in [1.165, 1.54) is 24.2 Å². The van der Waals surface area contributed by atoms with Crippen molar-refractivity contribution in [3.8, 4) is 0 Å². The molecule has 1 aliphatic rings. The van der Waals surface area contributed by atoms with Crippen LogP contribution in [0.4, 0.5) is 0 Å². The fourth-order valence-electron chi connectivity index (χ4n) is 1.61. The maximum Gasteiger partial charge on any atom is 0.336 e. The van der Waals surface area contributed by atoms with E-state index >= 15 is 0 Å². The number of hydrogen-bond acceptors (Lipinski definition) is 3. The summed E-state index contributed by atoms with van der Waals surface area (Å²) in [5.41, 5.74) is 0.399. The fraction of sp³-hybridized carbons (Fsp3) is 0.545. The molecule has 0 amide bonds. The third kappa shape index (κ3) is 2.79. The summed E-state index contributed by atoms with van der Waals surface area (Å²) in [6, 6.07) is 2.31. The molecule has 0 aliphatic heterocycles. The summed E-state index contributed by atoms with van der Waals surface area (Å²) >= 11 is 1.51. The topological polar surface area (TPSA) is 49.3 Å². The number of carboxylic acid groups (broad SMARTS) is 1. The SMILES string of the molecule is CC(NCc1cc(C(=O)O)cs1)C1CC1. The Morgan fingerprint density at radius 1 is 1.73 bits per heavy atom.